The molecule has 4 nitrogen and oxygen atoms in total. The van der Waals surface area contributed by atoms with Gasteiger partial charge in [0.2, 0.25) is 5.91 Å². The molecule has 5 heteroatoms. The SMILES string of the molecule is Cl.NCCC1CCCN(CC(=O)NC2CCCCCC2)C1. The number of nitrogens with zero attached hydrogens (tertiary/aromatic N) is 1. The molecule has 1 amide bonds. The molecule has 0 aromatic heterocycles. The van der Waals surface area contributed by atoms with Gasteiger partial charge in [-0.05, 0) is 51.1 Å². The standard InChI is InChI=1S/C16H31N3O.ClH/c17-10-9-14-6-5-11-19(12-14)13-16(20)18-15-7-3-1-2-4-8-15;/h14-15H,1-13,17H2,(H,18,20);1H. The van der Waals surface area contributed by atoms with Crippen molar-refractivity contribution in [1.82, 2.24) is 10.2 Å². The average Bonchev–Trinajstić information content (AvgIpc) is 2.68. The van der Waals surface area contributed by atoms with Gasteiger partial charge >= 0.3 is 0 Å². The lowest BCUT2D eigenvalue weighted by Crippen LogP contribution is -2.45. The van der Waals surface area contributed by atoms with Gasteiger partial charge in [-0.2, -0.15) is 0 Å². The van der Waals surface area contributed by atoms with Crippen molar-refractivity contribution in [2.24, 2.45) is 11.7 Å². The van der Waals surface area contributed by atoms with E-state index in [0.29, 0.717) is 18.5 Å². The van der Waals surface area contributed by atoms with Crippen molar-refractivity contribution in [3.63, 3.8) is 0 Å². The Labute approximate surface area is 135 Å². The predicted molar refractivity (Wildman–Crippen MR) is 89.7 cm³/mol. The number of halogens is 1. The number of carbonyl (C=O) groups excluding carboxylic acids is 1. The van der Waals surface area contributed by atoms with E-state index in [1.807, 2.05) is 0 Å². The number of amides is 1. The van der Waals surface area contributed by atoms with Gasteiger partial charge in [-0.25, -0.2) is 0 Å². The number of hydrogen-bond acceptors (Lipinski definition) is 3. The number of hydrogen-bond donors (Lipinski definition) is 2. The zero-order valence-electron chi connectivity index (χ0n) is 13.2. The first-order valence-electron chi connectivity index (χ1n) is 8.49. The van der Waals surface area contributed by atoms with Gasteiger partial charge in [0.25, 0.3) is 0 Å². The Morgan fingerprint density at radius 3 is 2.48 bits per heavy atom. The van der Waals surface area contributed by atoms with Crippen LogP contribution in [-0.4, -0.2) is 43.0 Å². The minimum absolute atomic E-state index is 0. The van der Waals surface area contributed by atoms with Crippen LogP contribution in [-0.2, 0) is 4.79 Å². The second-order valence-electron chi connectivity index (χ2n) is 6.58. The lowest BCUT2D eigenvalue weighted by molar-refractivity contribution is -0.123. The maximum absolute atomic E-state index is 12.2. The van der Waals surface area contributed by atoms with Gasteiger partial charge in [-0.1, -0.05) is 25.7 Å². The molecule has 1 aliphatic heterocycles. The van der Waals surface area contributed by atoms with Crippen LogP contribution in [0.3, 0.4) is 0 Å². The third-order valence-corrected chi connectivity index (χ3v) is 4.77. The molecule has 0 spiro atoms. The molecule has 1 saturated heterocycles. The van der Waals surface area contributed by atoms with E-state index in [-0.39, 0.29) is 18.3 Å². The molecule has 1 saturated carbocycles. The normalized spacial score (nSPS) is 24.9. The van der Waals surface area contributed by atoms with Crippen molar-refractivity contribution in [3.05, 3.63) is 0 Å². The number of piperidine rings is 1. The molecule has 3 N–H and O–H groups in total. The Hall–Kier alpha value is -0.320. The highest BCUT2D eigenvalue weighted by atomic mass is 35.5. The van der Waals surface area contributed by atoms with Crippen LogP contribution >= 0.6 is 12.4 Å². The quantitative estimate of drug-likeness (QED) is 0.765. The van der Waals surface area contributed by atoms with E-state index in [9.17, 15) is 4.79 Å². The number of nitrogens with two attached hydrogens (primary N) is 1. The van der Waals surface area contributed by atoms with Crippen LogP contribution in [0.25, 0.3) is 0 Å². The van der Waals surface area contributed by atoms with Crippen LogP contribution in [0.2, 0.25) is 0 Å². The maximum Gasteiger partial charge on any atom is 0.234 e. The summed E-state index contributed by atoms with van der Waals surface area (Å²) >= 11 is 0. The van der Waals surface area contributed by atoms with E-state index in [2.05, 4.69) is 10.2 Å². The molecule has 2 rings (SSSR count). The first-order chi connectivity index (χ1) is 9.78. The Bertz CT molecular complexity index is 291. The summed E-state index contributed by atoms with van der Waals surface area (Å²) in [7, 11) is 0. The Kier molecular flexibility index (Phi) is 9.29. The minimum atomic E-state index is 0. The Morgan fingerprint density at radius 2 is 1.81 bits per heavy atom. The van der Waals surface area contributed by atoms with Gasteiger partial charge in [-0.3, -0.25) is 9.69 Å². The van der Waals surface area contributed by atoms with Crippen molar-refractivity contribution >= 4 is 18.3 Å². The molecule has 2 fully saturated rings. The van der Waals surface area contributed by atoms with Crippen LogP contribution in [0, 0.1) is 5.92 Å². The van der Waals surface area contributed by atoms with Gasteiger partial charge in [0.15, 0.2) is 0 Å². The van der Waals surface area contributed by atoms with Crippen molar-refractivity contribution < 1.29 is 4.79 Å². The van der Waals surface area contributed by atoms with Gasteiger partial charge in [0.1, 0.15) is 0 Å². The third kappa shape index (κ3) is 6.98. The fraction of sp³-hybridized carbons (Fsp3) is 0.938. The molecule has 1 atom stereocenters. The molecule has 0 bridgehead atoms. The zero-order valence-corrected chi connectivity index (χ0v) is 14.0. The summed E-state index contributed by atoms with van der Waals surface area (Å²) in [6.07, 6.45) is 11.1. The van der Waals surface area contributed by atoms with E-state index in [1.165, 1.54) is 51.4 Å². The van der Waals surface area contributed by atoms with Crippen LogP contribution in [0.15, 0.2) is 0 Å². The van der Waals surface area contributed by atoms with Gasteiger partial charge in [0.05, 0.1) is 6.54 Å². The number of likely N-dealkylation sites (tertiary alicyclic amines) is 1. The predicted octanol–water partition coefficient (Wildman–Crippen LogP) is 2.31. The van der Waals surface area contributed by atoms with Crippen molar-refractivity contribution in [2.45, 2.75) is 63.8 Å². The molecule has 124 valence electrons. The largest absolute Gasteiger partial charge is 0.352 e. The fourth-order valence-electron chi connectivity index (χ4n) is 3.67. The smallest absolute Gasteiger partial charge is 0.234 e. The highest BCUT2D eigenvalue weighted by Crippen LogP contribution is 2.19. The Balaban J connectivity index is 0.00000220. The van der Waals surface area contributed by atoms with Crippen molar-refractivity contribution in [1.29, 1.82) is 0 Å². The topological polar surface area (TPSA) is 58.4 Å². The minimum Gasteiger partial charge on any atom is -0.352 e. The van der Waals surface area contributed by atoms with Crippen LogP contribution < -0.4 is 11.1 Å². The van der Waals surface area contributed by atoms with Crippen LogP contribution in [0.5, 0.6) is 0 Å². The molecular formula is C16H32ClN3O. The molecule has 1 aliphatic carbocycles. The average molecular weight is 318 g/mol. The molecule has 1 heterocycles. The third-order valence-electron chi connectivity index (χ3n) is 4.77. The summed E-state index contributed by atoms with van der Waals surface area (Å²) in [4.78, 5) is 14.5. The number of nitrogens with one attached hydrogen (secondary N) is 1. The second kappa shape index (κ2) is 10.4. The van der Waals surface area contributed by atoms with E-state index >= 15 is 0 Å². The first kappa shape index (κ1) is 18.7. The van der Waals surface area contributed by atoms with Gasteiger partial charge in [0, 0.05) is 12.6 Å². The van der Waals surface area contributed by atoms with Gasteiger partial charge in [-0.15, -0.1) is 12.4 Å². The molecular weight excluding hydrogens is 286 g/mol. The lowest BCUT2D eigenvalue weighted by atomic mass is 9.95. The second-order valence-corrected chi connectivity index (χ2v) is 6.58. The summed E-state index contributed by atoms with van der Waals surface area (Å²) in [5.41, 5.74) is 5.65. The molecule has 2 aliphatic rings. The highest BCUT2D eigenvalue weighted by molar-refractivity contribution is 5.85. The van der Waals surface area contributed by atoms with E-state index in [4.69, 9.17) is 5.73 Å². The number of rotatable bonds is 5. The summed E-state index contributed by atoms with van der Waals surface area (Å²) in [5, 5.41) is 3.25. The molecule has 21 heavy (non-hydrogen) atoms. The van der Waals surface area contributed by atoms with Crippen LogP contribution in [0.4, 0.5) is 0 Å². The zero-order chi connectivity index (χ0) is 14.2. The fourth-order valence-corrected chi connectivity index (χ4v) is 3.67. The monoisotopic (exact) mass is 317 g/mol. The summed E-state index contributed by atoms with van der Waals surface area (Å²) in [6, 6.07) is 0.426. The summed E-state index contributed by atoms with van der Waals surface area (Å²) < 4.78 is 0. The van der Waals surface area contributed by atoms with E-state index < -0.39 is 0 Å². The van der Waals surface area contributed by atoms with E-state index in [0.717, 1.165) is 26.1 Å². The molecule has 0 aromatic rings. The molecule has 0 aromatic carbocycles. The van der Waals surface area contributed by atoms with E-state index in [1.54, 1.807) is 0 Å². The van der Waals surface area contributed by atoms with Crippen molar-refractivity contribution in [3.8, 4) is 0 Å². The summed E-state index contributed by atoms with van der Waals surface area (Å²) in [5.74, 6) is 0.921. The lowest BCUT2D eigenvalue weighted by Gasteiger charge is -2.32. The first-order valence-corrected chi connectivity index (χ1v) is 8.49. The highest BCUT2D eigenvalue weighted by Gasteiger charge is 2.22. The summed E-state index contributed by atoms with van der Waals surface area (Å²) in [6.45, 7) is 3.47. The molecule has 0 radical (unpaired) electrons. The Morgan fingerprint density at radius 1 is 1.10 bits per heavy atom. The van der Waals surface area contributed by atoms with Crippen LogP contribution in [0.1, 0.15) is 57.8 Å². The maximum atomic E-state index is 12.2. The van der Waals surface area contributed by atoms with Gasteiger partial charge < -0.3 is 11.1 Å². The molecule has 1 unspecified atom stereocenters. The van der Waals surface area contributed by atoms with Crippen molar-refractivity contribution in [2.75, 3.05) is 26.2 Å². The number of carbonyl (C=O) groups is 1.